The fraction of sp³-hybridized carbons (Fsp3) is 0.278. The van der Waals surface area contributed by atoms with Gasteiger partial charge in [-0.05, 0) is 53.0 Å². The third-order valence-corrected chi connectivity index (χ3v) is 4.81. The van der Waals surface area contributed by atoms with Crippen LogP contribution in [0, 0.1) is 0 Å². The molecule has 0 saturated carbocycles. The van der Waals surface area contributed by atoms with E-state index in [9.17, 15) is 10.2 Å². The molecule has 130 valence electrons. The zero-order valence-electron chi connectivity index (χ0n) is 13.4. The van der Waals surface area contributed by atoms with Gasteiger partial charge in [0.1, 0.15) is 28.7 Å². The first-order valence-corrected chi connectivity index (χ1v) is 8.96. The Morgan fingerprint density at radius 2 is 2.16 bits per heavy atom. The van der Waals surface area contributed by atoms with Gasteiger partial charge >= 0.3 is 0 Å². The normalized spacial score (nSPS) is 17.2. The topological polar surface area (TPSA) is 79.0 Å². The van der Waals surface area contributed by atoms with E-state index in [0.29, 0.717) is 17.8 Å². The van der Waals surface area contributed by atoms with E-state index in [1.807, 2.05) is 22.7 Å². The van der Waals surface area contributed by atoms with Crippen LogP contribution in [0.1, 0.15) is 12.8 Å². The number of aromatic nitrogens is 2. The lowest BCUT2D eigenvalue weighted by Gasteiger charge is -2.13. The smallest absolute Gasteiger partial charge is 0.139 e. The lowest BCUT2D eigenvalue weighted by Crippen LogP contribution is -2.19. The third kappa shape index (κ3) is 3.17. The van der Waals surface area contributed by atoms with Crippen molar-refractivity contribution >= 4 is 27.4 Å². The molecule has 1 fully saturated rings. The number of imidazole rings is 1. The molecule has 4 rings (SSSR count). The second kappa shape index (κ2) is 6.57. The molecule has 3 N–H and O–H groups in total. The molecule has 1 atom stereocenters. The molecule has 25 heavy (non-hydrogen) atoms. The van der Waals surface area contributed by atoms with Crippen molar-refractivity contribution in [2.45, 2.75) is 18.9 Å². The highest BCUT2D eigenvalue weighted by atomic mass is 79.9. The number of phenolic OH excluding ortho intramolecular Hbond substituents is 2. The molecule has 7 heteroatoms. The zero-order valence-corrected chi connectivity index (χ0v) is 15.0. The van der Waals surface area contributed by atoms with E-state index in [2.05, 4.69) is 26.2 Å². The van der Waals surface area contributed by atoms with Gasteiger partial charge in [0, 0.05) is 35.5 Å². The van der Waals surface area contributed by atoms with Gasteiger partial charge in [0.2, 0.25) is 0 Å². The number of fused-ring (bicyclic) bond motifs is 1. The van der Waals surface area contributed by atoms with Crippen LogP contribution in [0.15, 0.2) is 41.0 Å². The van der Waals surface area contributed by atoms with Crippen LogP contribution in [0.4, 0.5) is 5.82 Å². The quantitative estimate of drug-likeness (QED) is 0.617. The molecule has 1 aliphatic rings. The highest BCUT2D eigenvalue weighted by Gasteiger charge is 2.20. The summed E-state index contributed by atoms with van der Waals surface area (Å²) in [6, 6.07) is 8.35. The summed E-state index contributed by atoms with van der Waals surface area (Å²) in [6.07, 6.45) is 4.23. The van der Waals surface area contributed by atoms with Gasteiger partial charge in [-0.25, -0.2) is 4.98 Å². The predicted molar refractivity (Wildman–Crippen MR) is 99.1 cm³/mol. The van der Waals surface area contributed by atoms with Crippen molar-refractivity contribution in [2.75, 3.05) is 18.5 Å². The van der Waals surface area contributed by atoms with Crippen LogP contribution in [0.5, 0.6) is 11.5 Å². The molecule has 1 aliphatic heterocycles. The van der Waals surface area contributed by atoms with Crippen molar-refractivity contribution in [3.63, 3.8) is 0 Å². The minimum atomic E-state index is -0.0114. The summed E-state index contributed by atoms with van der Waals surface area (Å²) >= 11 is 3.49. The van der Waals surface area contributed by atoms with E-state index in [0.717, 1.165) is 35.4 Å². The number of aromatic hydroxyl groups is 2. The average molecular weight is 404 g/mol. The van der Waals surface area contributed by atoms with E-state index in [-0.39, 0.29) is 17.6 Å². The molecule has 0 spiro atoms. The number of nitrogens with zero attached hydrogens (tertiary/aromatic N) is 2. The van der Waals surface area contributed by atoms with E-state index >= 15 is 0 Å². The van der Waals surface area contributed by atoms with Gasteiger partial charge in [0.05, 0.1) is 6.10 Å². The van der Waals surface area contributed by atoms with Crippen molar-refractivity contribution < 1.29 is 14.9 Å². The lowest BCUT2D eigenvalue weighted by atomic mass is 10.1. The summed E-state index contributed by atoms with van der Waals surface area (Å²) in [5.41, 5.74) is 1.96. The average Bonchev–Trinajstić information content (AvgIpc) is 3.20. The van der Waals surface area contributed by atoms with Crippen molar-refractivity contribution in [1.29, 1.82) is 0 Å². The number of benzene rings is 1. The molecule has 1 saturated heterocycles. The first-order valence-electron chi connectivity index (χ1n) is 8.17. The Kier molecular flexibility index (Phi) is 4.27. The molecule has 0 bridgehead atoms. The van der Waals surface area contributed by atoms with Crippen molar-refractivity contribution in [3.8, 4) is 22.8 Å². The van der Waals surface area contributed by atoms with Crippen LogP contribution < -0.4 is 5.32 Å². The Bertz CT molecular complexity index is 919. The second-order valence-electron chi connectivity index (χ2n) is 6.10. The zero-order chi connectivity index (χ0) is 17.4. The number of hydrogen-bond donors (Lipinski definition) is 3. The highest BCUT2D eigenvalue weighted by molar-refractivity contribution is 9.10. The summed E-state index contributed by atoms with van der Waals surface area (Å²) in [7, 11) is 0. The maximum Gasteiger partial charge on any atom is 0.139 e. The third-order valence-electron chi connectivity index (χ3n) is 4.34. The van der Waals surface area contributed by atoms with Crippen LogP contribution in [-0.4, -0.2) is 38.9 Å². The summed E-state index contributed by atoms with van der Waals surface area (Å²) in [6.45, 7) is 1.48. The van der Waals surface area contributed by atoms with Crippen molar-refractivity contribution in [3.05, 3.63) is 41.0 Å². The molecule has 3 aromatic rings. The Hall–Kier alpha value is -2.25. The van der Waals surface area contributed by atoms with Gasteiger partial charge in [-0.2, -0.15) is 0 Å². The molecule has 0 radical (unpaired) electrons. The van der Waals surface area contributed by atoms with Gasteiger partial charge in [0.15, 0.2) is 0 Å². The molecule has 0 aliphatic carbocycles. The Morgan fingerprint density at radius 3 is 2.92 bits per heavy atom. The predicted octanol–water partition coefficient (Wildman–Crippen LogP) is 3.77. The molecule has 3 heterocycles. The van der Waals surface area contributed by atoms with Gasteiger partial charge in [-0.1, -0.05) is 0 Å². The van der Waals surface area contributed by atoms with E-state index in [4.69, 9.17) is 4.74 Å². The molecule has 2 aromatic heterocycles. The van der Waals surface area contributed by atoms with Crippen LogP contribution >= 0.6 is 15.9 Å². The van der Waals surface area contributed by atoms with Gasteiger partial charge in [-0.3, -0.25) is 4.40 Å². The number of anilines is 1. The fourth-order valence-corrected chi connectivity index (χ4v) is 3.45. The van der Waals surface area contributed by atoms with E-state index in [1.54, 1.807) is 12.1 Å². The first-order chi connectivity index (χ1) is 12.1. The van der Waals surface area contributed by atoms with Gasteiger partial charge in [0.25, 0.3) is 0 Å². The molecular formula is C18H18BrN3O3. The van der Waals surface area contributed by atoms with Gasteiger partial charge in [-0.15, -0.1) is 0 Å². The summed E-state index contributed by atoms with van der Waals surface area (Å²) in [5, 5.41) is 23.2. The number of halogens is 1. The molecule has 0 amide bonds. The van der Waals surface area contributed by atoms with Crippen LogP contribution in [-0.2, 0) is 4.74 Å². The first kappa shape index (κ1) is 16.2. The molecule has 0 unspecified atom stereocenters. The van der Waals surface area contributed by atoms with E-state index in [1.165, 1.54) is 6.07 Å². The lowest BCUT2D eigenvalue weighted by molar-refractivity contribution is 0.120. The largest absolute Gasteiger partial charge is 0.508 e. The fourth-order valence-electron chi connectivity index (χ4n) is 3.11. The SMILES string of the molecule is Oc1ccc(-c2nc3ccc(Br)cn3c2NC[C@H]2CCCO2)c(O)c1. The van der Waals surface area contributed by atoms with Crippen molar-refractivity contribution in [2.24, 2.45) is 0 Å². The molecule has 6 nitrogen and oxygen atoms in total. The summed E-state index contributed by atoms with van der Waals surface area (Å²) in [5.74, 6) is 0.789. The Balaban J connectivity index is 1.79. The minimum Gasteiger partial charge on any atom is -0.508 e. The van der Waals surface area contributed by atoms with Crippen LogP contribution in [0.2, 0.25) is 0 Å². The Morgan fingerprint density at radius 1 is 1.28 bits per heavy atom. The highest BCUT2D eigenvalue weighted by Crippen LogP contribution is 2.37. The van der Waals surface area contributed by atoms with E-state index < -0.39 is 0 Å². The number of ether oxygens (including phenoxy) is 1. The number of hydrogen-bond acceptors (Lipinski definition) is 5. The number of nitrogens with one attached hydrogen (secondary N) is 1. The van der Waals surface area contributed by atoms with Crippen LogP contribution in [0.3, 0.4) is 0 Å². The Labute approximate surface area is 153 Å². The standard InChI is InChI=1S/C18H18BrN3O3/c19-11-3-6-16-21-17(14-5-4-12(23)8-15(14)24)18(22(16)10-11)20-9-13-2-1-7-25-13/h3-6,8,10,13,20,23-24H,1-2,7,9H2/t13-/m1/s1. The minimum absolute atomic E-state index is 0.0114. The molecule has 1 aromatic carbocycles. The maximum atomic E-state index is 10.3. The monoisotopic (exact) mass is 403 g/mol. The second-order valence-corrected chi connectivity index (χ2v) is 7.02. The van der Waals surface area contributed by atoms with Crippen molar-refractivity contribution in [1.82, 2.24) is 9.38 Å². The van der Waals surface area contributed by atoms with Crippen LogP contribution in [0.25, 0.3) is 16.9 Å². The maximum absolute atomic E-state index is 10.3. The number of pyridine rings is 1. The number of rotatable bonds is 4. The summed E-state index contributed by atoms with van der Waals surface area (Å²) < 4.78 is 8.56. The molecular weight excluding hydrogens is 386 g/mol. The number of phenols is 2. The van der Waals surface area contributed by atoms with Gasteiger partial charge < -0.3 is 20.3 Å². The summed E-state index contributed by atoms with van der Waals surface area (Å²) in [4.78, 5) is 4.66.